The molecule has 0 bridgehead atoms. The van der Waals surface area contributed by atoms with Gasteiger partial charge >= 0.3 is 0 Å². The Balaban J connectivity index is 2.08. The predicted octanol–water partition coefficient (Wildman–Crippen LogP) is 2.85. The van der Waals surface area contributed by atoms with Crippen LogP contribution in [0.3, 0.4) is 0 Å². The molecule has 0 saturated heterocycles. The minimum absolute atomic E-state index is 0.519. The Labute approximate surface area is 128 Å². The van der Waals surface area contributed by atoms with Crippen LogP contribution >= 0.6 is 0 Å². The van der Waals surface area contributed by atoms with Gasteiger partial charge < -0.3 is 10.6 Å². The van der Waals surface area contributed by atoms with Crippen molar-refractivity contribution in [3.05, 3.63) is 78.0 Å². The van der Waals surface area contributed by atoms with Crippen LogP contribution in [0, 0.1) is 0 Å². The maximum Gasteiger partial charge on any atom is 0.136 e. The van der Waals surface area contributed by atoms with E-state index in [0.29, 0.717) is 11.5 Å². The van der Waals surface area contributed by atoms with E-state index in [1.807, 2.05) is 60.7 Å². The number of nitrogens with zero attached hydrogens (tertiary/aromatic N) is 3. The summed E-state index contributed by atoms with van der Waals surface area (Å²) in [6.07, 6.45) is 1.70. The van der Waals surface area contributed by atoms with E-state index in [2.05, 4.69) is 10.3 Å². The number of nitrogen functional groups attached to an aromatic ring is 1. The van der Waals surface area contributed by atoms with Gasteiger partial charge in [-0.25, -0.2) is 4.68 Å². The minimum Gasteiger partial charge on any atom is -0.399 e. The third-order valence-electron chi connectivity index (χ3n) is 3.29. The Bertz CT molecular complexity index is 779. The molecule has 1 aromatic heterocycles. The molecular weight excluding hydrogens is 276 g/mol. The maximum atomic E-state index is 6.27. The predicted molar refractivity (Wildman–Crippen MR) is 87.1 cm³/mol. The molecule has 5 nitrogen and oxygen atoms in total. The fraction of sp³-hybridized carbons (Fsp3) is 0.0588. The Hall–Kier alpha value is -3.08. The molecule has 0 aliphatic carbocycles. The highest BCUT2D eigenvalue weighted by atomic mass is 16.6. The second kappa shape index (κ2) is 6.13. The van der Waals surface area contributed by atoms with Gasteiger partial charge in [0.05, 0.1) is 17.4 Å². The Kier molecular flexibility index (Phi) is 3.87. The summed E-state index contributed by atoms with van der Waals surface area (Å²) in [7, 11) is 1.51. The summed E-state index contributed by atoms with van der Waals surface area (Å²) in [6, 6.07) is 19.5. The third-order valence-corrected chi connectivity index (χ3v) is 3.29. The van der Waals surface area contributed by atoms with E-state index in [1.54, 1.807) is 10.9 Å². The number of benzene rings is 2. The fourth-order valence-electron chi connectivity index (χ4n) is 2.26. The first kappa shape index (κ1) is 13.9. The minimum atomic E-state index is 0.519. The largest absolute Gasteiger partial charge is 0.399 e. The first-order chi connectivity index (χ1) is 10.8. The number of nitrogens with two attached hydrogens (primary N) is 1. The van der Waals surface area contributed by atoms with Crippen molar-refractivity contribution in [2.75, 3.05) is 12.8 Å². The first-order valence-electron chi connectivity index (χ1n) is 6.87. The van der Waals surface area contributed by atoms with Gasteiger partial charge in [-0.1, -0.05) is 53.7 Å². The fourth-order valence-corrected chi connectivity index (χ4v) is 2.26. The molecule has 2 aromatic carbocycles. The van der Waals surface area contributed by atoms with Crippen LogP contribution in [-0.4, -0.2) is 22.6 Å². The molecule has 1 heterocycles. The second-order valence-corrected chi connectivity index (χ2v) is 4.68. The zero-order valence-electron chi connectivity index (χ0n) is 12.2. The van der Waals surface area contributed by atoms with Crippen molar-refractivity contribution >= 4 is 11.5 Å². The molecule has 0 saturated carbocycles. The molecule has 3 aromatic rings. The molecule has 2 N–H and O–H groups in total. The lowest BCUT2D eigenvalue weighted by Crippen LogP contribution is -2.08. The molecule has 3 rings (SSSR count). The van der Waals surface area contributed by atoms with Crippen molar-refractivity contribution in [1.29, 1.82) is 0 Å². The summed E-state index contributed by atoms with van der Waals surface area (Å²) in [5.74, 6) is 0.519. The highest BCUT2D eigenvalue weighted by Crippen LogP contribution is 2.21. The second-order valence-electron chi connectivity index (χ2n) is 4.68. The van der Waals surface area contributed by atoms with Crippen LogP contribution < -0.4 is 5.73 Å². The number of rotatable bonds is 4. The standard InChI is InChI=1S/C17H16N4O/c1-22-20-16(13-8-4-2-5-9-13)15-12-19-21(17(15)18)14-10-6-3-7-11-14/h2-12H,18H2,1H3. The van der Waals surface area contributed by atoms with Gasteiger partial charge in [0.2, 0.25) is 0 Å². The highest BCUT2D eigenvalue weighted by molar-refractivity contribution is 6.15. The van der Waals surface area contributed by atoms with Gasteiger partial charge in [0, 0.05) is 5.56 Å². The maximum absolute atomic E-state index is 6.27. The summed E-state index contributed by atoms with van der Waals surface area (Å²) >= 11 is 0. The number of aromatic nitrogens is 2. The molecule has 0 aliphatic heterocycles. The number of oxime groups is 1. The third kappa shape index (κ3) is 2.56. The monoisotopic (exact) mass is 292 g/mol. The van der Waals surface area contributed by atoms with E-state index in [4.69, 9.17) is 10.6 Å². The zero-order valence-corrected chi connectivity index (χ0v) is 12.2. The molecule has 0 amide bonds. The van der Waals surface area contributed by atoms with Crippen LogP contribution in [0.4, 0.5) is 5.82 Å². The van der Waals surface area contributed by atoms with Crippen molar-refractivity contribution in [2.24, 2.45) is 5.16 Å². The van der Waals surface area contributed by atoms with E-state index in [1.165, 1.54) is 7.11 Å². The van der Waals surface area contributed by atoms with Crippen molar-refractivity contribution in [3.8, 4) is 5.69 Å². The Morgan fingerprint density at radius 2 is 1.68 bits per heavy atom. The molecule has 0 fully saturated rings. The highest BCUT2D eigenvalue weighted by Gasteiger charge is 2.16. The molecule has 0 spiro atoms. The van der Waals surface area contributed by atoms with Gasteiger partial charge in [0.15, 0.2) is 0 Å². The first-order valence-corrected chi connectivity index (χ1v) is 6.87. The van der Waals surface area contributed by atoms with Crippen molar-refractivity contribution in [2.45, 2.75) is 0 Å². The summed E-state index contributed by atoms with van der Waals surface area (Å²) in [5.41, 5.74) is 9.48. The van der Waals surface area contributed by atoms with Gasteiger partial charge in [-0.2, -0.15) is 5.10 Å². The van der Waals surface area contributed by atoms with Crippen molar-refractivity contribution in [3.63, 3.8) is 0 Å². The smallest absolute Gasteiger partial charge is 0.136 e. The number of hydrogen-bond acceptors (Lipinski definition) is 4. The molecular formula is C17H16N4O. The molecule has 0 radical (unpaired) electrons. The van der Waals surface area contributed by atoms with E-state index in [0.717, 1.165) is 16.8 Å². The van der Waals surface area contributed by atoms with Crippen molar-refractivity contribution < 1.29 is 4.84 Å². The molecule has 110 valence electrons. The van der Waals surface area contributed by atoms with Crippen LogP contribution in [0.2, 0.25) is 0 Å². The lowest BCUT2D eigenvalue weighted by atomic mass is 10.1. The molecule has 22 heavy (non-hydrogen) atoms. The van der Waals surface area contributed by atoms with Crippen LogP contribution in [0.1, 0.15) is 11.1 Å². The van der Waals surface area contributed by atoms with E-state index < -0.39 is 0 Å². The lowest BCUT2D eigenvalue weighted by Gasteiger charge is -2.07. The summed E-state index contributed by atoms with van der Waals surface area (Å²) in [4.78, 5) is 4.98. The number of hydrogen-bond donors (Lipinski definition) is 1. The van der Waals surface area contributed by atoms with Crippen LogP contribution in [0.25, 0.3) is 5.69 Å². The molecule has 0 unspecified atom stereocenters. The zero-order chi connectivity index (χ0) is 15.4. The van der Waals surface area contributed by atoms with E-state index in [9.17, 15) is 0 Å². The van der Waals surface area contributed by atoms with Gasteiger partial charge in [0.1, 0.15) is 18.6 Å². The van der Waals surface area contributed by atoms with Gasteiger partial charge in [0.25, 0.3) is 0 Å². The SMILES string of the molecule is CON=C(c1ccccc1)c1cnn(-c2ccccc2)c1N. The molecule has 0 atom stereocenters. The number of para-hydroxylation sites is 1. The van der Waals surface area contributed by atoms with E-state index >= 15 is 0 Å². The van der Waals surface area contributed by atoms with E-state index in [-0.39, 0.29) is 0 Å². The summed E-state index contributed by atoms with van der Waals surface area (Å²) in [5, 5.41) is 8.49. The summed E-state index contributed by atoms with van der Waals surface area (Å²) < 4.78 is 1.68. The Morgan fingerprint density at radius 3 is 2.32 bits per heavy atom. The van der Waals surface area contributed by atoms with Crippen LogP contribution in [-0.2, 0) is 4.84 Å². The normalized spacial score (nSPS) is 11.4. The van der Waals surface area contributed by atoms with Crippen LogP contribution in [0.15, 0.2) is 72.0 Å². The quantitative estimate of drug-likeness (QED) is 0.594. The van der Waals surface area contributed by atoms with Crippen molar-refractivity contribution in [1.82, 2.24) is 9.78 Å². The Morgan fingerprint density at radius 1 is 1.05 bits per heavy atom. The molecule has 5 heteroatoms. The average molecular weight is 292 g/mol. The van der Waals surface area contributed by atoms with Gasteiger partial charge in [-0.15, -0.1) is 0 Å². The topological polar surface area (TPSA) is 65.4 Å². The van der Waals surface area contributed by atoms with Gasteiger partial charge in [-0.3, -0.25) is 0 Å². The van der Waals surface area contributed by atoms with Crippen LogP contribution in [0.5, 0.6) is 0 Å². The number of anilines is 1. The summed E-state index contributed by atoms with van der Waals surface area (Å²) in [6.45, 7) is 0. The molecule has 0 aliphatic rings. The lowest BCUT2D eigenvalue weighted by molar-refractivity contribution is 0.214. The van der Waals surface area contributed by atoms with Gasteiger partial charge in [-0.05, 0) is 12.1 Å². The average Bonchev–Trinajstić information content (AvgIpc) is 2.96.